The molecule has 172 valence electrons. The molecule has 2 aliphatic rings. The minimum atomic E-state index is -0.243. The van der Waals surface area contributed by atoms with Gasteiger partial charge in [0.05, 0.1) is 41.6 Å². The fourth-order valence-corrected chi connectivity index (χ4v) is 3.95. The van der Waals surface area contributed by atoms with E-state index in [2.05, 4.69) is 25.9 Å². The number of anilines is 2. The summed E-state index contributed by atoms with van der Waals surface area (Å²) in [6.07, 6.45) is 3.38. The Kier molecular flexibility index (Phi) is 7.25. The number of nitrogens with zero attached hydrogens (tertiary/aromatic N) is 2. The molecular formula is C23H30ClN5O3. The highest BCUT2D eigenvalue weighted by Gasteiger charge is 2.28. The van der Waals surface area contributed by atoms with Crippen LogP contribution in [0.1, 0.15) is 26.7 Å². The van der Waals surface area contributed by atoms with Gasteiger partial charge < -0.3 is 25.4 Å². The van der Waals surface area contributed by atoms with Gasteiger partial charge in [-0.1, -0.05) is 17.7 Å². The summed E-state index contributed by atoms with van der Waals surface area (Å²) in [5.74, 6) is 1.10. The molecule has 9 heteroatoms. The third-order valence-corrected chi connectivity index (χ3v) is 5.94. The molecule has 2 fully saturated rings. The first kappa shape index (κ1) is 22.9. The number of hydrogen-bond acceptors (Lipinski definition) is 7. The van der Waals surface area contributed by atoms with Gasteiger partial charge in [-0.05, 0) is 51.4 Å². The number of carbonyl (C=O) groups excluding carboxylic acids is 1. The standard InChI is InChI=1S/C23H30ClN5O3/c1-23(2)14-31-16(13-32-23)11-26-20-7-3-6-19(28-20)17-9-21(27-12-18(17)24)29-22(30)15-5-4-8-25-10-15/h3,6-7,9,12,15-16,25H,4-5,8,10-11,13-14H2,1-2H3,(H,26,28)(H,27,29,30)/t15-,16-/m1/s1. The largest absolute Gasteiger partial charge is 0.371 e. The first-order valence-corrected chi connectivity index (χ1v) is 11.4. The van der Waals surface area contributed by atoms with Crippen LogP contribution in [0.5, 0.6) is 0 Å². The van der Waals surface area contributed by atoms with Crippen molar-refractivity contribution in [1.82, 2.24) is 15.3 Å². The van der Waals surface area contributed by atoms with Crippen molar-refractivity contribution in [2.75, 3.05) is 43.5 Å². The van der Waals surface area contributed by atoms with E-state index in [4.69, 9.17) is 21.1 Å². The molecule has 0 aromatic carbocycles. The highest BCUT2D eigenvalue weighted by Crippen LogP contribution is 2.29. The molecule has 2 aromatic heterocycles. The Balaban J connectivity index is 1.41. The van der Waals surface area contributed by atoms with Crippen LogP contribution in [-0.4, -0.2) is 60.4 Å². The lowest BCUT2D eigenvalue weighted by molar-refractivity contribution is -0.170. The molecule has 1 amide bonds. The summed E-state index contributed by atoms with van der Waals surface area (Å²) >= 11 is 6.41. The van der Waals surface area contributed by atoms with Crippen LogP contribution in [0.2, 0.25) is 5.02 Å². The number of hydrogen-bond donors (Lipinski definition) is 3. The second-order valence-electron chi connectivity index (χ2n) is 8.87. The maximum Gasteiger partial charge on any atom is 0.229 e. The van der Waals surface area contributed by atoms with Crippen molar-refractivity contribution < 1.29 is 14.3 Å². The molecule has 2 aromatic rings. The predicted octanol–water partition coefficient (Wildman–Crippen LogP) is 3.34. The number of aromatic nitrogens is 2. The van der Waals surface area contributed by atoms with Crippen LogP contribution in [-0.2, 0) is 14.3 Å². The van der Waals surface area contributed by atoms with Crippen LogP contribution in [0, 0.1) is 5.92 Å². The zero-order valence-corrected chi connectivity index (χ0v) is 19.2. The van der Waals surface area contributed by atoms with Crippen LogP contribution >= 0.6 is 11.6 Å². The van der Waals surface area contributed by atoms with E-state index >= 15 is 0 Å². The molecule has 4 rings (SSSR count). The van der Waals surface area contributed by atoms with Crippen molar-refractivity contribution >= 4 is 29.1 Å². The fraction of sp³-hybridized carbons (Fsp3) is 0.522. The van der Waals surface area contributed by atoms with Gasteiger partial charge in [0.2, 0.25) is 5.91 Å². The first-order valence-electron chi connectivity index (χ1n) is 11.0. The molecule has 0 saturated carbocycles. The van der Waals surface area contributed by atoms with E-state index in [-0.39, 0.29) is 23.5 Å². The minimum absolute atomic E-state index is 0.0285. The van der Waals surface area contributed by atoms with E-state index in [9.17, 15) is 4.79 Å². The van der Waals surface area contributed by atoms with E-state index < -0.39 is 0 Å². The summed E-state index contributed by atoms with van der Waals surface area (Å²) in [5.41, 5.74) is 1.16. The molecular weight excluding hydrogens is 430 g/mol. The van der Waals surface area contributed by atoms with E-state index in [1.54, 1.807) is 12.3 Å². The number of amides is 1. The van der Waals surface area contributed by atoms with Crippen molar-refractivity contribution in [2.45, 2.75) is 38.4 Å². The lowest BCUT2D eigenvalue weighted by Gasteiger charge is -2.35. The van der Waals surface area contributed by atoms with Crippen molar-refractivity contribution in [2.24, 2.45) is 5.92 Å². The minimum Gasteiger partial charge on any atom is -0.371 e. The van der Waals surface area contributed by atoms with Gasteiger partial charge in [-0.15, -0.1) is 0 Å². The van der Waals surface area contributed by atoms with Crippen LogP contribution in [0.25, 0.3) is 11.3 Å². The Bertz CT molecular complexity index is 939. The van der Waals surface area contributed by atoms with E-state index in [1.165, 1.54) is 0 Å². The van der Waals surface area contributed by atoms with Gasteiger partial charge in [-0.3, -0.25) is 4.79 Å². The number of halogens is 1. The van der Waals surface area contributed by atoms with Crippen molar-refractivity contribution in [1.29, 1.82) is 0 Å². The van der Waals surface area contributed by atoms with Crippen molar-refractivity contribution in [3.8, 4) is 11.3 Å². The topological polar surface area (TPSA) is 97.4 Å². The summed E-state index contributed by atoms with van der Waals surface area (Å²) in [7, 11) is 0. The number of ether oxygens (including phenoxy) is 2. The van der Waals surface area contributed by atoms with Crippen LogP contribution in [0.4, 0.5) is 11.6 Å². The molecule has 2 aliphatic heterocycles. The lowest BCUT2D eigenvalue weighted by atomic mass is 9.99. The highest BCUT2D eigenvalue weighted by molar-refractivity contribution is 6.33. The summed E-state index contributed by atoms with van der Waals surface area (Å²) in [5, 5.41) is 9.95. The third-order valence-electron chi connectivity index (χ3n) is 5.64. The average molecular weight is 460 g/mol. The maximum atomic E-state index is 12.6. The molecule has 0 bridgehead atoms. The fourth-order valence-electron chi connectivity index (χ4n) is 3.75. The Morgan fingerprint density at radius 1 is 1.34 bits per heavy atom. The van der Waals surface area contributed by atoms with Gasteiger partial charge >= 0.3 is 0 Å². The Morgan fingerprint density at radius 2 is 2.22 bits per heavy atom. The molecule has 0 aliphatic carbocycles. The second-order valence-corrected chi connectivity index (χ2v) is 9.28. The van der Waals surface area contributed by atoms with E-state index in [0.29, 0.717) is 54.2 Å². The third kappa shape index (κ3) is 5.95. The SMILES string of the molecule is CC1(C)CO[C@H](CNc2cccc(-c3cc(NC(=O)[C@@H]4CCCNC4)ncc3Cl)n2)CO1. The smallest absolute Gasteiger partial charge is 0.229 e. The monoisotopic (exact) mass is 459 g/mol. The molecule has 0 unspecified atom stereocenters. The van der Waals surface area contributed by atoms with Gasteiger partial charge in [0.25, 0.3) is 0 Å². The quantitative estimate of drug-likeness (QED) is 0.609. The predicted molar refractivity (Wildman–Crippen MR) is 125 cm³/mol. The Morgan fingerprint density at radius 3 is 2.97 bits per heavy atom. The number of rotatable bonds is 6. The summed E-state index contributed by atoms with van der Waals surface area (Å²) < 4.78 is 11.7. The number of pyridine rings is 2. The van der Waals surface area contributed by atoms with Gasteiger partial charge in [0.1, 0.15) is 11.6 Å². The van der Waals surface area contributed by atoms with Crippen LogP contribution < -0.4 is 16.0 Å². The number of carbonyl (C=O) groups is 1. The highest BCUT2D eigenvalue weighted by atomic mass is 35.5. The van der Waals surface area contributed by atoms with Gasteiger partial charge in [0, 0.05) is 24.8 Å². The summed E-state index contributed by atoms with van der Waals surface area (Å²) in [6.45, 7) is 7.37. The molecule has 2 atom stereocenters. The van der Waals surface area contributed by atoms with Gasteiger partial charge in [0.15, 0.2) is 0 Å². The zero-order chi connectivity index (χ0) is 22.6. The summed E-state index contributed by atoms with van der Waals surface area (Å²) in [6, 6.07) is 7.45. The van der Waals surface area contributed by atoms with Gasteiger partial charge in [-0.25, -0.2) is 9.97 Å². The molecule has 3 N–H and O–H groups in total. The lowest BCUT2D eigenvalue weighted by Crippen LogP contribution is -2.44. The average Bonchev–Trinajstić information content (AvgIpc) is 2.80. The summed E-state index contributed by atoms with van der Waals surface area (Å²) in [4.78, 5) is 21.5. The number of piperidine rings is 1. The normalized spacial score (nSPS) is 22.8. The maximum absolute atomic E-state index is 12.6. The molecule has 2 saturated heterocycles. The van der Waals surface area contributed by atoms with Crippen LogP contribution in [0.15, 0.2) is 30.5 Å². The van der Waals surface area contributed by atoms with E-state index in [1.807, 2.05) is 32.0 Å². The Hall–Kier alpha value is -2.26. The molecule has 32 heavy (non-hydrogen) atoms. The Labute approximate surface area is 193 Å². The molecule has 8 nitrogen and oxygen atoms in total. The second kappa shape index (κ2) is 10.1. The first-order chi connectivity index (χ1) is 15.4. The van der Waals surface area contributed by atoms with Crippen LogP contribution in [0.3, 0.4) is 0 Å². The van der Waals surface area contributed by atoms with E-state index in [0.717, 1.165) is 19.4 Å². The van der Waals surface area contributed by atoms with Crippen molar-refractivity contribution in [3.63, 3.8) is 0 Å². The molecule has 0 spiro atoms. The molecule has 0 radical (unpaired) electrons. The van der Waals surface area contributed by atoms with Gasteiger partial charge in [-0.2, -0.15) is 0 Å². The number of nitrogens with one attached hydrogen (secondary N) is 3. The van der Waals surface area contributed by atoms with Crippen molar-refractivity contribution in [3.05, 3.63) is 35.5 Å². The zero-order valence-electron chi connectivity index (χ0n) is 18.5. The molecule has 4 heterocycles.